The van der Waals surface area contributed by atoms with Crippen LogP contribution in [0.5, 0.6) is 0 Å². The molecule has 0 aliphatic rings. The summed E-state index contributed by atoms with van der Waals surface area (Å²) >= 11 is 0. The Bertz CT molecular complexity index is 189. The molecule has 2 nitrogen and oxygen atoms in total. The summed E-state index contributed by atoms with van der Waals surface area (Å²) in [5.74, 6) is 2.06. The normalized spacial score (nSPS) is 13.0. The van der Waals surface area contributed by atoms with Crippen molar-refractivity contribution < 1.29 is 9.47 Å². The molecule has 0 aliphatic carbocycles. The van der Waals surface area contributed by atoms with E-state index in [2.05, 4.69) is 55.4 Å². The average Bonchev–Trinajstić information content (AvgIpc) is 2.20. The number of rotatable bonds is 8. The molecule has 0 spiro atoms. The van der Waals surface area contributed by atoms with Crippen LogP contribution in [0.25, 0.3) is 0 Å². The third-order valence-electron chi connectivity index (χ3n) is 3.16. The van der Waals surface area contributed by atoms with E-state index in [-0.39, 0.29) is 12.2 Å². The van der Waals surface area contributed by atoms with Gasteiger partial charge in [0.1, 0.15) is 24.7 Å². The average molecular weight is 256 g/mol. The van der Waals surface area contributed by atoms with Crippen molar-refractivity contribution >= 4 is 0 Å². The zero-order valence-corrected chi connectivity index (χ0v) is 13.4. The molecule has 108 valence electrons. The minimum atomic E-state index is 0.251. The second-order valence-corrected chi connectivity index (χ2v) is 6.45. The Hall–Kier alpha value is -0.660. The van der Waals surface area contributed by atoms with E-state index < -0.39 is 0 Å². The molecule has 0 aromatic heterocycles. The molecular weight excluding hydrogens is 224 g/mol. The van der Waals surface area contributed by atoms with E-state index in [4.69, 9.17) is 9.47 Å². The molecule has 0 amide bonds. The van der Waals surface area contributed by atoms with Crippen LogP contribution in [0.2, 0.25) is 0 Å². The molecule has 2 heteroatoms. The fraction of sp³-hybridized carbons (Fsp3) is 0.875. The third-order valence-corrected chi connectivity index (χ3v) is 3.16. The highest BCUT2D eigenvalue weighted by molar-refractivity contribution is 4.75. The lowest BCUT2D eigenvalue weighted by atomic mass is 9.96. The van der Waals surface area contributed by atoms with Gasteiger partial charge in [-0.3, -0.25) is 0 Å². The summed E-state index contributed by atoms with van der Waals surface area (Å²) < 4.78 is 11.5. The standard InChI is InChI=1S/C16H32O2/c1-11(2)15(12(3)4)17-9-10-18-16(13(5)6)14(7)8/h9-16H,1-8H3/b10-9-. The van der Waals surface area contributed by atoms with E-state index in [0.717, 1.165) is 0 Å². The monoisotopic (exact) mass is 256 g/mol. The van der Waals surface area contributed by atoms with Gasteiger partial charge in [-0.05, 0) is 23.7 Å². The van der Waals surface area contributed by atoms with Crippen molar-refractivity contribution in [2.24, 2.45) is 23.7 Å². The Morgan fingerprint density at radius 3 is 0.889 bits per heavy atom. The summed E-state index contributed by atoms with van der Waals surface area (Å²) in [5, 5.41) is 0. The lowest BCUT2D eigenvalue weighted by molar-refractivity contribution is 0.0325. The van der Waals surface area contributed by atoms with Crippen LogP contribution in [0, 0.1) is 23.7 Å². The molecule has 0 bridgehead atoms. The summed E-state index contributed by atoms with van der Waals surface area (Å²) in [6.07, 6.45) is 3.92. The minimum absolute atomic E-state index is 0.251. The van der Waals surface area contributed by atoms with Crippen LogP contribution in [0.3, 0.4) is 0 Å². The van der Waals surface area contributed by atoms with E-state index in [1.807, 2.05) is 0 Å². The molecule has 0 saturated carbocycles. The van der Waals surface area contributed by atoms with Gasteiger partial charge in [0.25, 0.3) is 0 Å². The van der Waals surface area contributed by atoms with Gasteiger partial charge < -0.3 is 9.47 Å². The van der Waals surface area contributed by atoms with Gasteiger partial charge in [-0.25, -0.2) is 0 Å². The maximum Gasteiger partial charge on any atom is 0.118 e. The maximum atomic E-state index is 5.77. The van der Waals surface area contributed by atoms with E-state index in [1.54, 1.807) is 12.5 Å². The highest BCUT2D eigenvalue weighted by Crippen LogP contribution is 2.18. The van der Waals surface area contributed by atoms with Crippen molar-refractivity contribution in [3.05, 3.63) is 12.5 Å². The molecular formula is C16H32O2. The Labute approximate surface area is 114 Å². The zero-order valence-electron chi connectivity index (χ0n) is 13.4. The largest absolute Gasteiger partial charge is 0.494 e. The Balaban J connectivity index is 4.23. The first-order chi connectivity index (χ1) is 8.27. The predicted molar refractivity (Wildman–Crippen MR) is 78.2 cm³/mol. The fourth-order valence-corrected chi connectivity index (χ4v) is 2.41. The molecule has 0 rings (SSSR count). The number of hydrogen-bond acceptors (Lipinski definition) is 2. The second-order valence-electron chi connectivity index (χ2n) is 6.45. The van der Waals surface area contributed by atoms with Crippen LogP contribution in [0.4, 0.5) is 0 Å². The molecule has 0 N–H and O–H groups in total. The van der Waals surface area contributed by atoms with E-state index in [9.17, 15) is 0 Å². The molecule has 0 unspecified atom stereocenters. The Morgan fingerprint density at radius 2 is 0.722 bits per heavy atom. The Kier molecular flexibility index (Phi) is 8.13. The summed E-state index contributed by atoms with van der Waals surface area (Å²) in [6, 6.07) is 0. The van der Waals surface area contributed by atoms with Gasteiger partial charge in [0.2, 0.25) is 0 Å². The van der Waals surface area contributed by atoms with Gasteiger partial charge in [-0.1, -0.05) is 55.4 Å². The smallest absolute Gasteiger partial charge is 0.118 e. The topological polar surface area (TPSA) is 18.5 Å². The summed E-state index contributed by atoms with van der Waals surface area (Å²) in [7, 11) is 0. The van der Waals surface area contributed by atoms with E-state index >= 15 is 0 Å². The van der Waals surface area contributed by atoms with Crippen LogP contribution in [-0.4, -0.2) is 12.2 Å². The molecule has 0 saturated heterocycles. The van der Waals surface area contributed by atoms with Gasteiger partial charge in [-0.2, -0.15) is 0 Å². The van der Waals surface area contributed by atoms with Gasteiger partial charge in [0.05, 0.1) is 0 Å². The minimum Gasteiger partial charge on any atom is -0.494 e. The van der Waals surface area contributed by atoms with Crippen molar-refractivity contribution in [3.63, 3.8) is 0 Å². The van der Waals surface area contributed by atoms with Gasteiger partial charge >= 0.3 is 0 Å². The first-order valence-corrected chi connectivity index (χ1v) is 7.23. The van der Waals surface area contributed by atoms with Crippen LogP contribution >= 0.6 is 0 Å². The summed E-state index contributed by atoms with van der Waals surface area (Å²) in [4.78, 5) is 0. The van der Waals surface area contributed by atoms with Crippen LogP contribution in [0.1, 0.15) is 55.4 Å². The van der Waals surface area contributed by atoms with Crippen molar-refractivity contribution in [1.82, 2.24) is 0 Å². The molecule has 0 heterocycles. The van der Waals surface area contributed by atoms with Crippen molar-refractivity contribution in [2.45, 2.75) is 67.6 Å². The molecule has 0 aromatic rings. The first kappa shape index (κ1) is 17.3. The highest BCUT2D eigenvalue weighted by Gasteiger charge is 2.19. The van der Waals surface area contributed by atoms with Crippen LogP contribution in [-0.2, 0) is 9.47 Å². The molecule has 0 atom stereocenters. The van der Waals surface area contributed by atoms with Crippen molar-refractivity contribution in [2.75, 3.05) is 0 Å². The molecule has 0 radical (unpaired) electrons. The van der Waals surface area contributed by atoms with Crippen molar-refractivity contribution in [3.8, 4) is 0 Å². The highest BCUT2D eigenvalue weighted by atomic mass is 16.5. The lowest BCUT2D eigenvalue weighted by Gasteiger charge is -2.25. The quantitative estimate of drug-likeness (QED) is 0.578. The number of ether oxygens (including phenoxy) is 2. The fourth-order valence-electron chi connectivity index (χ4n) is 2.41. The predicted octanol–water partition coefficient (Wildman–Crippen LogP) is 4.85. The third kappa shape index (κ3) is 6.32. The number of hydrogen-bond donors (Lipinski definition) is 0. The molecule has 18 heavy (non-hydrogen) atoms. The SMILES string of the molecule is CC(C)C(O/C=C\OC(C(C)C)C(C)C)C(C)C. The summed E-state index contributed by atoms with van der Waals surface area (Å²) in [5.41, 5.74) is 0. The zero-order chi connectivity index (χ0) is 14.3. The second kappa shape index (κ2) is 8.44. The molecule has 0 aliphatic heterocycles. The van der Waals surface area contributed by atoms with E-state index in [0.29, 0.717) is 23.7 Å². The van der Waals surface area contributed by atoms with E-state index in [1.165, 1.54) is 0 Å². The van der Waals surface area contributed by atoms with Gasteiger partial charge in [0.15, 0.2) is 0 Å². The summed E-state index contributed by atoms with van der Waals surface area (Å²) in [6.45, 7) is 17.5. The van der Waals surface area contributed by atoms with Gasteiger partial charge in [-0.15, -0.1) is 0 Å². The molecule has 0 aromatic carbocycles. The van der Waals surface area contributed by atoms with Crippen molar-refractivity contribution in [1.29, 1.82) is 0 Å². The Morgan fingerprint density at radius 1 is 0.500 bits per heavy atom. The van der Waals surface area contributed by atoms with Gasteiger partial charge in [0, 0.05) is 0 Å². The van der Waals surface area contributed by atoms with Crippen LogP contribution < -0.4 is 0 Å². The maximum absolute atomic E-state index is 5.77. The molecule has 0 fully saturated rings. The van der Waals surface area contributed by atoms with Crippen LogP contribution in [0.15, 0.2) is 12.5 Å². The lowest BCUT2D eigenvalue weighted by Crippen LogP contribution is -2.25. The first-order valence-electron chi connectivity index (χ1n) is 7.23.